The van der Waals surface area contributed by atoms with E-state index < -0.39 is 12.1 Å². The predicted molar refractivity (Wildman–Crippen MR) is 126 cm³/mol. The largest absolute Gasteiger partial charge is 0.487 e. The van der Waals surface area contributed by atoms with Crippen LogP contribution in [0.3, 0.4) is 0 Å². The first-order valence-corrected chi connectivity index (χ1v) is 11.3. The fourth-order valence-corrected chi connectivity index (χ4v) is 4.53. The zero-order valence-corrected chi connectivity index (χ0v) is 19.0. The van der Waals surface area contributed by atoms with Crippen LogP contribution in [0, 0.1) is 0 Å². The highest BCUT2D eigenvalue weighted by molar-refractivity contribution is 7.23. The molecule has 5 nitrogen and oxygen atoms in total. The third-order valence-electron chi connectivity index (χ3n) is 4.68. The van der Waals surface area contributed by atoms with Gasteiger partial charge in [-0.05, 0) is 42.0 Å². The van der Waals surface area contributed by atoms with Crippen LogP contribution < -0.4 is 4.74 Å². The molecule has 1 unspecified atom stereocenters. The van der Waals surface area contributed by atoms with Crippen molar-refractivity contribution in [2.45, 2.75) is 19.1 Å². The number of aldehydes is 1. The zero-order chi connectivity index (χ0) is 22.5. The van der Waals surface area contributed by atoms with Gasteiger partial charge in [-0.1, -0.05) is 53.5 Å². The van der Waals surface area contributed by atoms with Gasteiger partial charge in [-0.2, -0.15) is 0 Å². The molecule has 0 aliphatic rings. The van der Waals surface area contributed by atoms with Gasteiger partial charge < -0.3 is 14.3 Å². The van der Waals surface area contributed by atoms with Crippen LogP contribution in [-0.2, 0) is 16.1 Å². The lowest BCUT2D eigenvalue weighted by Crippen LogP contribution is -2.12. The van der Waals surface area contributed by atoms with Gasteiger partial charge in [0.15, 0.2) is 0 Å². The van der Waals surface area contributed by atoms with Crippen LogP contribution in [-0.4, -0.2) is 17.2 Å². The first kappa shape index (κ1) is 22.3. The quantitative estimate of drug-likeness (QED) is 0.206. The second kappa shape index (κ2) is 10.1. The summed E-state index contributed by atoms with van der Waals surface area (Å²) < 4.78 is 12.9. The van der Waals surface area contributed by atoms with Gasteiger partial charge in [0.05, 0.1) is 21.0 Å². The van der Waals surface area contributed by atoms with Crippen LogP contribution >= 0.6 is 34.5 Å². The van der Waals surface area contributed by atoms with Crippen LogP contribution in [0.25, 0.3) is 10.2 Å². The highest BCUT2D eigenvalue weighted by Crippen LogP contribution is 2.37. The standard InChI is InChI=1S/C24H17Cl2NO4S/c25-21-22-20(32-23(21)26)10-9-17(27-22)14-30-18-8-4-7-16(13-18)19(11-12-28)31-24(29)15-5-2-1-3-6-15/h1-10,12-13,19H,11,14H2. The molecule has 162 valence electrons. The Bertz CT molecular complexity index is 1260. The minimum atomic E-state index is -0.718. The van der Waals surface area contributed by atoms with Gasteiger partial charge in [-0.25, -0.2) is 9.78 Å². The Hall–Kier alpha value is -2.93. The average Bonchev–Trinajstić information content (AvgIpc) is 3.11. The summed E-state index contributed by atoms with van der Waals surface area (Å²) in [5.74, 6) is 0.0677. The third-order valence-corrected chi connectivity index (χ3v) is 6.61. The summed E-state index contributed by atoms with van der Waals surface area (Å²) in [4.78, 5) is 28.2. The molecule has 0 bridgehead atoms. The summed E-state index contributed by atoms with van der Waals surface area (Å²) in [7, 11) is 0. The van der Waals surface area contributed by atoms with Gasteiger partial charge in [0.2, 0.25) is 0 Å². The molecule has 2 aromatic heterocycles. The van der Waals surface area contributed by atoms with E-state index in [1.807, 2.05) is 18.2 Å². The Balaban J connectivity index is 1.48. The van der Waals surface area contributed by atoms with E-state index in [1.165, 1.54) is 11.3 Å². The molecule has 0 aliphatic heterocycles. The van der Waals surface area contributed by atoms with Gasteiger partial charge >= 0.3 is 5.97 Å². The van der Waals surface area contributed by atoms with Crippen LogP contribution in [0.15, 0.2) is 66.7 Å². The average molecular weight is 486 g/mol. The number of nitrogens with zero attached hydrogens (tertiary/aromatic N) is 1. The normalized spacial score (nSPS) is 11.8. The second-order valence-corrected chi connectivity index (χ2v) is 8.89. The van der Waals surface area contributed by atoms with E-state index in [9.17, 15) is 9.59 Å². The number of ether oxygens (including phenoxy) is 2. The van der Waals surface area contributed by atoms with Crippen molar-refractivity contribution in [1.29, 1.82) is 0 Å². The van der Waals surface area contributed by atoms with Crippen molar-refractivity contribution in [3.05, 3.63) is 92.9 Å². The van der Waals surface area contributed by atoms with Gasteiger partial charge in [-0.15, -0.1) is 11.3 Å². The summed E-state index contributed by atoms with van der Waals surface area (Å²) >= 11 is 13.7. The van der Waals surface area contributed by atoms with E-state index >= 15 is 0 Å². The highest BCUT2D eigenvalue weighted by Gasteiger charge is 2.18. The molecule has 0 amide bonds. The lowest BCUT2D eigenvalue weighted by atomic mass is 10.1. The molecule has 0 radical (unpaired) electrons. The van der Waals surface area contributed by atoms with Crippen molar-refractivity contribution in [2.24, 2.45) is 0 Å². The highest BCUT2D eigenvalue weighted by atomic mass is 35.5. The smallest absolute Gasteiger partial charge is 0.338 e. The van der Waals surface area contributed by atoms with Crippen molar-refractivity contribution < 1.29 is 19.1 Å². The lowest BCUT2D eigenvalue weighted by Gasteiger charge is -2.17. The molecule has 0 aliphatic carbocycles. The van der Waals surface area contributed by atoms with Crippen molar-refractivity contribution in [1.82, 2.24) is 4.98 Å². The van der Waals surface area contributed by atoms with E-state index in [-0.39, 0.29) is 13.0 Å². The maximum absolute atomic E-state index is 12.4. The van der Waals surface area contributed by atoms with E-state index in [4.69, 9.17) is 32.7 Å². The van der Waals surface area contributed by atoms with Crippen LogP contribution in [0.1, 0.15) is 34.1 Å². The van der Waals surface area contributed by atoms with Crippen LogP contribution in [0.4, 0.5) is 0 Å². The summed E-state index contributed by atoms with van der Waals surface area (Å²) in [6.07, 6.45) is 0.0493. The summed E-state index contributed by atoms with van der Waals surface area (Å²) in [6, 6.07) is 19.5. The minimum absolute atomic E-state index is 0.0393. The number of benzene rings is 2. The first-order chi connectivity index (χ1) is 15.5. The number of carbonyl (C=O) groups is 2. The molecule has 0 fully saturated rings. The molecule has 32 heavy (non-hydrogen) atoms. The maximum atomic E-state index is 12.4. The molecule has 0 saturated carbocycles. The molecule has 2 heterocycles. The van der Waals surface area contributed by atoms with Crippen molar-refractivity contribution in [3.63, 3.8) is 0 Å². The van der Waals surface area contributed by atoms with Crippen LogP contribution in [0.5, 0.6) is 5.75 Å². The number of rotatable bonds is 8. The molecule has 8 heteroatoms. The van der Waals surface area contributed by atoms with Gasteiger partial charge in [0.25, 0.3) is 0 Å². The van der Waals surface area contributed by atoms with Crippen molar-refractivity contribution >= 4 is 57.0 Å². The number of fused-ring (bicyclic) bond motifs is 1. The fraction of sp³-hybridized carbons (Fsp3) is 0.125. The number of aromatic nitrogens is 1. The number of thiophene rings is 1. The maximum Gasteiger partial charge on any atom is 0.338 e. The molecule has 0 saturated heterocycles. The van der Waals surface area contributed by atoms with E-state index in [2.05, 4.69) is 4.98 Å². The lowest BCUT2D eigenvalue weighted by molar-refractivity contribution is -0.109. The minimum Gasteiger partial charge on any atom is -0.487 e. The molecule has 4 aromatic rings. The number of hydrogen-bond donors (Lipinski definition) is 0. The number of halogens is 2. The Kier molecular flexibility index (Phi) is 7.05. The van der Waals surface area contributed by atoms with Gasteiger partial charge in [-0.3, -0.25) is 0 Å². The zero-order valence-electron chi connectivity index (χ0n) is 16.7. The fourth-order valence-electron chi connectivity index (χ4n) is 3.11. The van der Waals surface area contributed by atoms with Gasteiger partial charge in [0, 0.05) is 6.42 Å². The Morgan fingerprint density at radius 2 is 1.88 bits per heavy atom. The van der Waals surface area contributed by atoms with Crippen LogP contribution in [0.2, 0.25) is 9.36 Å². The Morgan fingerprint density at radius 1 is 1.06 bits per heavy atom. The van der Waals surface area contributed by atoms with Crippen molar-refractivity contribution in [3.8, 4) is 5.75 Å². The monoisotopic (exact) mass is 485 g/mol. The Morgan fingerprint density at radius 3 is 2.66 bits per heavy atom. The van der Waals surface area contributed by atoms with E-state index in [1.54, 1.807) is 48.5 Å². The topological polar surface area (TPSA) is 65.5 Å². The second-order valence-electron chi connectivity index (χ2n) is 6.86. The van der Waals surface area contributed by atoms with Gasteiger partial charge in [0.1, 0.15) is 34.6 Å². The molecule has 1 atom stereocenters. The number of esters is 1. The summed E-state index contributed by atoms with van der Waals surface area (Å²) in [5, 5.41) is 0.437. The number of hydrogen-bond acceptors (Lipinski definition) is 6. The Labute approximate surface area is 198 Å². The SMILES string of the molecule is O=CCC(OC(=O)c1ccccc1)c1cccc(OCc2ccc3sc(Cl)c(Cl)c3n2)c1. The molecular weight excluding hydrogens is 469 g/mol. The molecule has 4 rings (SSSR count). The molecular formula is C24H17Cl2NO4S. The molecule has 0 N–H and O–H groups in total. The van der Waals surface area contributed by atoms with E-state index in [0.717, 1.165) is 11.0 Å². The predicted octanol–water partition coefficient (Wildman–Crippen LogP) is 6.67. The third kappa shape index (κ3) is 5.10. The number of carbonyl (C=O) groups excluding carboxylic acids is 2. The molecule has 2 aromatic carbocycles. The first-order valence-electron chi connectivity index (χ1n) is 9.71. The summed E-state index contributed by atoms with van der Waals surface area (Å²) in [6.45, 7) is 0.214. The molecule has 0 spiro atoms. The van der Waals surface area contributed by atoms with Crippen molar-refractivity contribution in [2.75, 3.05) is 0 Å². The number of pyridine rings is 1. The summed E-state index contributed by atoms with van der Waals surface area (Å²) in [5.41, 5.74) is 2.43. The van der Waals surface area contributed by atoms with E-state index in [0.29, 0.717) is 37.4 Å².